The van der Waals surface area contributed by atoms with Crippen LogP contribution in [0.4, 0.5) is 11.4 Å². The van der Waals surface area contributed by atoms with Crippen LogP contribution in [-0.2, 0) is 14.4 Å². The van der Waals surface area contributed by atoms with Crippen LogP contribution in [0.25, 0.3) is 0 Å². The van der Waals surface area contributed by atoms with Gasteiger partial charge in [0.2, 0.25) is 11.7 Å². The van der Waals surface area contributed by atoms with Crippen molar-refractivity contribution in [3.8, 4) is 5.75 Å². The third-order valence-corrected chi connectivity index (χ3v) is 5.85. The van der Waals surface area contributed by atoms with E-state index in [-0.39, 0.29) is 36.0 Å². The summed E-state index contributed by atoms with van der Waals surface area (Å²) in [6.07, 6.45) is 1.08. The van der Waals surface area contributed by atoms with Crippen molar-refractivity contribution >= 4 is 34.9 Å². The van der Waals surface area contributed by atoms with E-state index in [9.17, 15) is 14.4 Å². The molecule has 9 nitrogen and oxygen atoms in total. The van der Waals surface area contributed by atoms with Crippen LogP contribution >= 0.6 is 0 Å². The largest absolute Gasteiger partial charge is 0.495 e. The number of piperidine rings is 1. The zero-order valence-electron chi connectivity index (χ0n) is 18.7. The molecule has 172 valence electrons. The van der Waals surface area contributed by atoms with Gasteiger partial charge in [0, 0.05) is 19.0 Å². The first kappa shape index (κ1) is 22.3. The Morgan fingerprint density at radius 1 is 1.09 bits per heavy atom. The summed E-state index contributed by atoms with van der Waals surface area (Å²) in [5, 5.41) is 4.28. The SMILES string of the molecule is COc1ccccc1NC(=O)C1CCN(C(=O)C2=NCC(=O)N(c3ccc(C)cc3)N2)CC1. The zero-order chi connectivity index (χ0) is 23.4. The number of aliphatic imine (C=N–C) groups is 1. The molecule has 0 radical (unpaired) electrons. The van der Waals surface area contributed by atoms with Crippen LogP contribution in [0, 0.1) is 12.8 Å². The summed E-state index contributed by atoms with van der Waals surface area (Å²) >= 11 is 0. The minimum Gasteiger partial charge on any atom is -0.495 e. The van der Waals surface area contributed by atoms with E-state index in [0.717, 1.165) is 5.56 Å². The Labute approximate surface area is 192 Å². The first-order valence-electron chi connectivity index (χ1n) is 10.9. The number of hydrogen-bond acceptors (Lipinski definition) is 6. The molecule has 0 aliphatic carbocycles. The van der Waals surface area contributed by atoms with E-state index < -0.39 is 0 Å². The monoisotopic (exact) mass is 449 g/mol. The summed E-state index contributed by atoms with van der Waals surface area (Å²) in [4.78, 5) is 43.9. The molecule has 2 aliphatic heterocycles. The number of nitrogens with zero attached hydrogens (tertiary/aromatic N) is 3. The standard InChI is InChI=1S/C24H27N5O4/c1-16-7-9-18(10-8-16)29-21(30)15-25-22(27-29)24(32)28-13-11-17(12-14-28)23(31)26-19-5-3-4-6-20(19)33-2/h3-10,17H,11-15H2,1-2H3,(H,25,27)(H,26,31). The van der Waals surface area contributed by atoms with E-state index in [2.05, 4.69) is 15.7 Å². The maximum atomic E-state index is 13.0. The van der Waals surface area contributed by atoms with Crippen LogP contribution in [0.15, 0.2) is 53.5 Å². The van der Waals surface area contributed by atoms with Gasteiger partial charge in [-0.1, -0.05) is 29.8 Å². The molecule has 0 saturated carbocycles. The van der Waals surface area contributed by atoms with Gasteiger partial charge in [-0.05, 0) is 44.0 Å². The number of likely N-dealkylation sites (tertiary alicyclic amines) is 1. The quantitative estimate of drug-likeness (QED) is 0.728. The molecule has 1 fully saturated rings. The van der Waals surface area contributed by atoms with Crippen molar-refractivity contribution in [1.29, 1.82) is 0 Å². The highest BCUT2D eigenvalue weighted by Gasteiger charge is 2.32. The number of methoxy groups -OCH3 is 1. The number of benzene rings is 2. The third kappa shape index (κ3) is 4.97. The predicted octanol–water partition coefficient (Wildman–Crippen LogP) is 2.13. The Hall–Kier alpha value is -3.88. The van der Waals surface area contributed by atoms with Crippen molar-refractivity contribution in [1.82, 2.24) is 10.3 Å². The molecule has 4 rings (SSSR count). The number of anilines is 2. The minimum absolute atomic E-state index is 0.0872. The van der Waals surface area contributed by atoms with Crippen molar-refractivity contribution in [3.63, 3.8) is 0 Å². The van der Waals surface area contributed by atoms with Crippen LogP contribution in [0.3, 0.4) is 0 Å². The van der Waals surface area contributed by atoms with Crippen molar-refractivity contribution in [2.45, 2.75) is 19.8 Å². The van der Waals surface area contributed by atoms with E-state index in [0.29, 0.717) is 43.1 Å². The Morgan fingerprint density at radius 3 is 2.48 bits per heavy atom. The van der Waals surface area contributed by atoms with E-state index >= 15 is 0 Å². The average Bonchev–Trinajstić information content (AvgIpc) is 2.85. The van der Waals surface area contributed by atoms with Crippen LogP contribution in [0.2, 0.25) is 0 Å². The van der Waals surface area contributed by atoms with Gasteiger partial charge < -0.3 is 15.0 Å². The fraction of sp³-hybridized carbons (Fsp3) is 0.333. The van der Waals surface area contributed by atoms with Crippen LogP contribution in [0.5, 0.6) is 5.75 Å². The molecule has 3 amide bonds. The van der Waals surface area contributed by atoms with E-state index in [1.807, 2.05) is 43.3 Å². The lowest BCUT2D eigenvalue weighted by Gasteiger charge is -2.34. The van der Waals surface area contributed by atoms with Gasteiger partial charge in [0.15, 0.2) is 0 Å². The van der Waals surface area contributed by atoms with Gasteiger partial charge >= 0.3 is 0 Å². The summed E-state index contributed by atoms with van der Waals surface area (Å²) in [7, 11) is 1.56. The molecule has 2 aromatic rings. The second kappa shape index (κ2) is 9.72. The lowest BCUT2D eigenvalue weighted by molar-refractivity contribution is -0.129. The maximum absolute atomic E-state index is 13.0. The van der Waals surface area contributed by atoms with Crippen molar-refractivity contribution in [2.75, 3.05) is 37.1 Å². The number of amides is 3. The van der Waals surface area contributed by atoms with E-state index in [1.165, 1.54) is 5.01 Å². The molecule has 2 N–H and O–H groups in total. The number of aryl methyl sites for hydroxylation is 1. The highest BCUT2D eigenvalue weighted by Crippen LogP contribution is 2.26. The van der Waals surface area contributed by atoms with Gasteiger partial charge in [0.25, 0.3) is 11.8 Å². The second-order valence-corrected chi connectivity index (χ2v) is 8.10. The summed E-state index contributed by atoms with van der Waals surface area (Å²) in [6.45, 7) is 2.73. The Balaban J connectivity index is 1.34. The number of carbonyl (C=O) groups excluding carboxylic acids is 3. The first-order valence-corrected chi connectivity index (χ1v) is 10.9. The smallest absolute Gasteiger partial charge is 0.290 e. The molecule has 2 aromatic carbocycles. The molecule has 1 saturated heterocycles. The molecule has 0 unspecified atom stereocenters. The first-order chi connectivity index (χ1) is 16.0. The molecule has 0 spiro atoms. The Kier molecular flexibility index (Phi) is 6.58. The normalized spacial score (nSPS) is 16.7. The van der Waals surface area contributed by atoms with Gasteiger partial charge in [-0.2, -0.15) is 0 Å². The van der Waals surface area contributed by atoms with Gasteiger partial charge in [-0.15, -0.1) is 0 Å². The lowest BCUT2D eigenvalue weighted by atomic mass is 9.95. The molecule has 33 heavy (non-hydrogen) atoms. The molecule has 0 bridgehead atoms. The maximum Gasteiger partial charge on any atom is 0.290 e. The molecule has 2 aliphatic rings. The van der Waals surface area contributed by atoms with Crippen LogP contribution in [-0.4, -0.2) is 55.2 Å². The molecular weight excluding hydrogens is 422 g/mol. The Morgan fingerprint density at radius 2 is 1.79 bits per heavy atom. The Bertz CT molecular complexity index is 1070. The number of hydrazine groups is 1. The third-order valence-electron chi connectivity index (χ3n) is 5.85. The number of nitrogens with one attached hydrogen (secondary N) is 2. The zero-order valence-corrected chi connectivity index (χ0v) is 18.7. The molecular formula is C24H27N5O4. The summed E-state index contributed by atoms with van der Waals surface area (Å²) in [6, 6.07) is 14.7. The predicted molar refractivity (Wildman–Crippen MR) is 125 cm³/mol. The van der Waals surface area contributed by atoms with Crippen LogP contribution < -0.4 is 20.5 Å². The molecule has 0 atom stereocenters. The van der Waals surface area contributed by atoms with Gasteiger partial charge in [0.05, 0.1) is 18.5 Å². The van der Waals surface area contributed by atoms with E-state index in [4.69, 9.17) is 4.74 Å². The van der Waals surface area contributed by atoms with Gasteiger partial charge in [-0.25, -0.2) is 5.01 Å². The number of hydrogen-bond donors (Lipinski definition) is 2. The molecule has 2 heterocycles. The highest BCUT2D eigenvalue weighted by molar-refractivity contribution is 6.39. The summed E-state index contributed by atoms with van der Waals surface area (Å²) in [5.41, 5.74) is 5.22. The van der Waals surface area contributed by atoms with Crippen molar-refractivity contribution < 1.29 is 19.1 Å². The topological polar surface area (TPSA) is 103 Å². The second-order valence-electron chi connectivity index (χ2n) is 8.10. The summed E-state index contributed by atoms with van der Waals surface area (Å²) < 4.78 is 5.29. The average molecular weight is 450 g/mol. The van der Waals surface area contributed by atoms with Crippen LogP contribution in [0.1, 0.15) is 18.4 Å². The van der Waals surface area contributed by atoms with Crippen molar-refractivity contribution in [3.05, 3.63) is 54.1 Å². The highest BCUT2D eigenvalue weighted by atomic mass is 16.5. The minimum atomic E-state index is -0.275. The van der Waals surface area contributed by atoms with Gasteiger partial charge in [0.1, 0.15) is 12.3 Å². The fourth-order valence-corrected chi connectivity index (χ4v) is 3.92. The summed E-state index contributed by atoms with van der Waals surface area (Å²) in [5.74, 6) is -0.0633. The fourth-order valence-electron chi connectivity index (χ4n) is 3.92. The number of para-hydroxylation sites is 2. The number of ether oxygens (including phenoxy) is 1. The van der Waals surface area contributed by atoms with Crippen molar-refractivity contribution in [2.24, 2.45) is 10.9 Å². The van der Waals surface area contributed by atoms with E-state index in [1.54, 1.807) is 24.1 Å². The number of rotatable bonds is 5. The number of carbonyl (C=O) groups is 3. The van der Waals surface area contributed by atoms with Gasteiger partial charge in [-0.3, -0.25) is 24.8 Å². The number of amidine groups is 1. The lowest BCUT2D eigenvalue weighted by Crippen LogP contribution is -2.57. The molecule has 0 aromatic heterocycles. The molecule has 9 heteroatoms.